The molecule has 0 saturated carbocycles. The number of rotatable bonds is 5. The van der Waals surface area contributed by atoms with Gasteiger partial charge in [0.2, 0.25) is 0 Å². The standard InChI is InChI=1S/C12H17ClN2OS/c1-3-17-7-8(2)15-12(16)9-4-5-11(14)10(13)6-9/h4-6,8H,3,7,14H2,1-2H3,(H,15,16). The molecule has 5 heteroatoms. The molecule has 1 amide bonds. The predicted molar refractivity (Wildman–Crippen MR) is 75.8 cm³/mol. The Morgan fingerprint density at radius 2 is 2.29 bits per heavy atom. The number of anilines is 1. The van der Waals surface area contributed by atoms with Crippen molar-refractivity contribution in [2.45, 2.75) is 19.9 Å². The van der Waals surface area contributed by atoms with Gasteiger partial charge in [0, 0.05) is 17.4 Å². The first-order valence-electron chi connectivity index (χ1n) is 5.48. The Kier molecular flexibility index (Phi) is 5.65. The Morgan fingerprint density at radius 1 is 1.59 bits per heavy atom. The van der Waals surface area contributed by atoms with Crippen LogP contribution in [-0.4, -0.2) is 23.5 Å². The van der Waals surface area contributed by atoms with Crippen LogP contribution < -0.4 is 11.1 Å². The predicted octanol–water partition coefficient (Wildman–Crippen LogP) is 2.79. The average Bonchev–Trinajstić information content (AvgIpc) is 2.30. The normalized spacial score (nSPS) is 12.2. The van der Waals surface area contributed by atoms with Crippen molar-refractivity contribution in [2.24, 2.45) is 0 Å². The molecule has 1 aromatic rings. The van der Waals surface area contributed by atoms with Crippen molar-refractivity contribution in [1.82, 2.24) is 5.32 Å². The van der Waals surface area contributed by atoms with E-state index in [1.54, 1.807) is 30.0 Å². The molecule has 0 saturated heterocycles. The number of benzene rings is 1. The lowest BCUT2D eigenvalue weighted by Crippen LogP contribution is -2.34. The summed E-state index contributed by atoms with van der Waals surface area (Å²) in [6, 6.07) is 5.05. The second-order valence-corrected chi connectivity index (χ2v) is 5.50. The first-order valence-corrected chi connectivity index (χ1v) is 7.01. The van der Waals surface area contributed by atoms with Crippen LogP contribution in [0.4, 0.5) is 5.69 Å². The van der Waals surface area contributed by atoms with Gasteiger partial charge in [0.05, 0.1) is 10.7 Å². The molecular weight excluding hydrogens is 256 g/mol. The molecule has 0 aliphatic carbocycles. The first-order chi connectivity index (χ1) is 8.04. The number of nitrogens with one attached hydrogen (secondary N) is 1. The van der Waals surface area contributed by atoms with Crippen molar-refractivity contribution in [3.05, 3.63) is 28.8 Å². The Hall–Kier alpha value is -0.870. The van der Waals surface area contributed by atoms with Crippen molar-refractivity contribution >= 4 is 35.0 Å². The topological polar surface area (TPSA) is 55.1 Å². The zero-order valence-electron chi connectivity index (χ0n) is 10.00. The van der Waals surface area contributed by atoms with E-state index in [0.29, 0.717) is 16.3 Å². The number of amides is 1. The van der Waals surface area contributed by atoms with Gasteiger partial charge in [-0.05, 0) is 30.9 Å². The summed E-state index contributed by atoms with van der Waals surface area (Å²) in [6.45, 7) is 4.08. The summed E-state index contributed by atoms with van der Waals surface area (Å²) in [7, 11) is 0. The number of carbonyl (C=O) groups is 1. The summed E-state index contributed by atoms with van der Waals surface area (Å²) in [5.41, 5.74) is 6.61. The summed E-state index contributed by atoms with van der Waals surface area (Å²) in [5.74, 6) is 1.84. The molecule has 3 N–H and O–H groups in total. The Labute approximate surface area is 111 Å². The van der Waals surface area contributed by atoms with E-state index in [4.69, 9.17) is 17.3 Å². The van der Waals surface area contributed by atoms with E-state index in [9.17, 15) is 4.79 Å². The maximum absolute atomic E-state index is 11.9. The minimum atomic E-state index is -0.115. The number of hydrogen-bond acceptors (Lipinski definition) is 3. The highest BCUT2D eigenvalue weighted by Crippen LogP contribution is 2.19. The second kappa shape index (κ2) is 6.77. The summed E-state index contributed by atoms with van der Waals surface area (Å²) >= 11 is 7.67. The van der Waals surface area contributed by atoms with Crippen LogP contribution in [-0.2, 0) is 0 Å². The molecule has 1 rings (SSSR count). The van der Waals surface area contributed by atoms with E-state index in [2.05, 4.69) is 12.2 Å². The minimum absolute atomic E-state index is 0.115. The molecule has 0 fully saturated rings. The number of halogens is 1. The SMILES string of the molecule is CCSCC(C)NC(=O)c1ccc(N)c(Cl)c1. The van der Waals surface area contributed by atoms with Gasteiger partial charge in [-0.2, -0.15) is 11.8 Å². The van der Waals surface area contributed by atoms with Crippen LogP contribution in [0.2, 0.25) is 5.02 Å². The minimum Gasteiger partial charge on any atom is -0.398 e. The summed E-state index contributed by atoms with van der Waals surface area (Å²) in [4.78, 5) is 11.9. The van der Waals surface area contributed by atoms with Crippen LogP contribution in [0, 0.1) is 0 Å². The fraction of sp³-hybridized carbons (Fsp3) is 0.417. The second-order valence-electron chi connectivity index (χ2n) is 3.77. The van der Waals surface area contributed by atoms with Crippen molar-refractivity contribution in [3.63, 3.8) is 0 Å². The van der Waals surface area contributed by atoms with Crippen molar-refractivity contribution in [1.29, 1.82) is 0 Å². The van der Waals surface area contributed by atoms with Crippen LogP contribution in [0.15, 0.2) is 18.2 Å². The number of carbonyl (C=O) groups excluding carboxylic acids is 1. The van der Waals surface area contributed by atoms with Crippen molar-refractivity contribution < 1.29 is 4.79 Å². The molecule has 0 aliphatic rings. The summed E-state index contributed by atoms with van der Waals surface area (Å²) in [5, 5.41) is 3.33. The van der Waals surface area contributed by atoms with E-state index >= 15 is 0 Å². The van der Waals surface area contributed by atoms with Crippen molar-refractivity contribution in [3.8, 4) is 0 Å². The highest BCUT2D eigenvalue weighted by Gasteiger charge is 2.10. The molecule has 1 atom stereocenters. The zero-order chi connectivity index (χ0) is 12.8. The van der Waals surface area contributed by atoms with Crippen molar-refractivity contribution in [2.75, 3.05) is 17.2 Å². The molecular formula is C12H17ClN2OS. The van der Waals surface area contributed by atoms with Gasteiger partial charge >= 0.3 is 0 Å². The van der Waals surface area contributed by atoms with Crippen LogP contribution in [0.3, 0.4) is 0 Å². The van der Waals surface area contributed by atoms with E-state index in [0.717, 1.165) is 11.5 Å². The maximum Gasteiger partial charge on any atom is 0.251 e. The van der Waals surface area contributed by atoms with E-state index in [1.807, 2.05) is 6.92 Å². The third-order valence-electron chi connectivity index (χ3n) is 2.21. The van der Waals surface area contributed by atoms with Crippen LogP contribution in [0.5, 0.6) is 0 Å². The fourth-order valence-electron chi connectivity index (χ4n) is 1.31. The molecule has 0 aliphatic heterocycles. The molecule has 0 spiro atoms. The van der Waals surface area contributed by atoms with E-state index in [1.165, 1.54) is 0 Å². The number of nitrogen functional groups attached to an aromatic ring is 1. The number of thioether (sulfide) groups is 1. The highest BCUT2D eigenvalue weighted by atomic mass is 35.5. The molecule has 0 aromatic heterocycles. The lowest BCUT2D eigenvalue weighted by Gasteiger charge is -2.13. The largest absolute Gasteiger partial charge is 0.398 e. The molecule has 0 radical (unpaired) electrons. The van der Waals surface area contributed by atoms with Gasteiger partial charge in [0.25, 0.3) is 5.91 Å². The third-order valence-corrected chi connectivity index (χ3v) is 3.68. The molecule has 1 aromatic carbocycles. The Morgan fingerprint density at radius 3 is 2.88 bits per heavy atom. The number of hydrogen-bond donors (Lipinski definition) is 2. The molecule has 0 bridgehead atoms. The monoisotopic (exact) mass is 272 g/mol. The lowest BCUT2D eigenvalue weighted by molar-refractivity contribution is 0.0944. The van der Waals surface area contributed by atoms with Gasteiger partial charge in [0.1, 0.15) is 0 Å². The van der Waals surface area contributed by atoms with Crippen LogP contribution in [0.25, 0.3) is 0 Å². The van der Waals surface area contributed by atoms with Gasteiger partial charge < -0.3 is 11.1 Å². The van der Waals surface area contributed by atoms with E-state index < -0.39 is 0 Å². The Balaban J connectivity index is 2.60. The molecule has 94 valence electrons. The summed E-state index contributed by atoms with van der Waals surface area (Å²) < 4.78 is 0. The average molecular weight is 273 g/mol. The number of nitrogens with two attached hydrogens (primary N) is 1. The van der Waals surface area contributed by atoms with E-state index in [-0.39, 0.29) is 11.9 Å². The smallest absolute Gasteiger partial charge is 0.251 e. The molecule has 0 heterocycles. The highest BCUT2D eigenvalue weighted by molar-refractivity contribution is 7.99. The third kappa shape index (κ3) is 4.48. The zero-order valence-corrected chi connectivity index (χ0v) is 11.6. The van der Waals surface area contributed by atoms with Crippen LogP contribution >= 0.6 is 23.4 Å². The van der Waals surface area contributed by atoms with Gasteiger partial charge in [-0.1, -0.05) is 18.5 Å². The molecule has 1 unspecified atom stereocenters. The molecule has 17 heavy (non-hydrogen) atoms. The van der Waals surface area contributed by atoms with Gasteiger partial charge in [-0.15, -0.1) is 0 Å². The van der Waals surface area contributed by atoms with Gasteiger partial charge in [-0.3, -0.25) is 4.79 Å². The Bertz CT molecular complexity index is 398. The maximum atomic E-state index is 11.9. The fourth-order valence-corrected chi connectivity index (χ4v) is 2.16. The molecule has 3 nitrogen and oxygen atoms in total. The lowest BCUT2D eigenvalue weighted by atomic mass is 10.2. The van der Waals surface area contributed by atoms with Gasteiger partial charge in [0.15, 0.2) is 0 Å². The quantitative estimate of drug-likeness (QED) is 0.811. The van der Waals surface area contributed by atoms with Crippen LogP contribution in [0.1, 0.15) is 24.2 Å². The van der Waals surface area contributed by atoms with Gasteiger partial charge in [-0.25, -0.2) is 0 Å². The summed E-state index contributed by atoms with van der Waals surface area (Å²) in [6.07, 6.45) is 0. The first kappa shape index (κ1) is 14.2.